The first-order valence-electron chi connectivity index (χ1n) is 19.2. The van der Waals surface area contributed by atoms with E-state index in [0.29, 0.717) is 33.6 Å². The minimum Gasteiger partial charge on any atom is -0.308 e. The molecule has 0 aliphatic carbocycles. The summed E-state index contributed by atoms with van der Waals surface area (Å²) in [5.74, 6) is -0.924. The van der Waals surface area contributed by atoms with Gasteiger partial charge in [0.1, 0.15) is 0 Å². The monoisotopic (exact) mass is 774 g/mol. The Hall–Kier alpha value is -7.51. The molecule has 0 saturated carbocycles. The molecule has 59 heavy (non-hydrogen) atoms. The third-order valence-corrected chi connectivity index (χ3v) is 11.2. The fourth-order valence-electron chi connectivity index (χ4n) is 8.53. The van der Waals surface area contributed by atoms with Crippen LogP contribution in [-0.4, -0.2) is 16.4 Å². The molecule has 0 atom stereocenters. The van der Waals surface area contributed by atoms with Crippen molar-refractivity contribution in [3.8, 4) is 50.2 Å². The molecule has 1 aliphatic rings. The van der Waals surface area contributed by atoms with E-state index in [0.717, 1.165) is 55.7 Å². The normalized spacial score (nSPS) is 12.8. The third-order valence-electron chi connectivity index (χ3n) is 11.2. The van der Waals surface area contributed by atoms with Gasteiger partial charge in [0, 0.05) is 21.9 Å². The number of benzene rings is 8. The smallest absolute Gasteiger partial charge is 0.308 e. The molecule has 0 spiro atoms. The van der Waals surface area contributed by atoms with Crippen molar-refractivity contribution in [2.45, 2.75) is 13.1 Å². The summed E-state index contributed by atoms with van der Waals surface area (Å²) in [6.07, 6.45) is -4.51. The first kappa shape index (κ1) is 35.9. The molecule has 2 amide bonds. The van der Waals surface area contributed by atoms with Gasteiger partial charge in [0.15, 0.2) is 0 Å². The maximum Gasteiger partial charge on any atom is 0.416 e. The molecule has 1 aliphatic heterocycles. The van der Waals surface area contributed by atoms with Crippen LogP contribution in [0.25, 0.3) is 72.0 Å². The predicted octanol–water partition coefficient (Wildman–Crippen LogP) is 13.6. The zero-order valence-corrected chi connectivity index (χ0v) is 31.7. The highest BCUT2D eigenvalue weighted by molar-refractivity contribution is 6.37. The number of nitrogens with zero attached hydrogens (tertiary/aromatic N) is 2. The molecule has 0 N–H and O–H groups in total. The number of para-hydroxylation sites is 1. The van der Waals surface area contributed by atoms with Gasteiger partial charge in [-0.1, -0.05) is 133 Å². The van der Waals surface area contributed by atoms with Crippen molar-refractivity contribution in [2.75, 3.05) is 4.90 Å². The molecule has 284 valence electrons. The number of alkyl halides is 3. The second-order valence-electron chi connectivity index (χ2n) is 14.8. The van der Waals surface area contributed by atoms with Gasteiger partial charge in [-0.25, -0.2) is 4.90 Å². The molecule has 2 heterocycles. The van der Waals surface area contributed by atoms with Gasteiger partial charge in [-0.05, 0) is 94.4 Å². The molecule has 0 bridgehead atoms. The van der Waals surface area contributed by atoms with Crippen LogP contribution in [0.2, 0.25) is 0 Å². The Morgan fingerprint density at radius 1 is 0.441 bits per heavy atom. The summed E-state index contributed by atoms with van der Waals surface area (Å²) >= 11 is 0. The second-order valence-corrected chi connectivity index (χ2v) is 14.8. The molecular formula is C52H33F3N2O2. The van der Waals surface area contributed by atoms with E-state index in [1.807, 2.05) is 156 Å². The average molecular weight is 775 g/mol. The summed E-state index contributed by atoms with van der Waals surface area (Å²) in [5, 5.41) is 1.75. The van der Waals surface area contributed by atoms with Crippen LogP contribution in [0.4, 0.5) is 18.9 Å². The zero-order valence-electron chi connectivity index (χ0n) is 31.7. The van der Waals surface area contributed by atoms with E-state index in [1.54, 1.807) is 25.1 Å². The van der Waals surface area contributed by atoms with Crippen molar-refractivity contribution in [2.24, 2.45) is 0 Å². The number of aryl methyl sites for hydroxylation is 1. The number of carbonyl (C=O) groups is 2. The molecular weight excluding hydrogens is 742 g/mol. The van der Waals surface area contributed by atoms with Crippen molar-refractivity contribution in [1.29, 1.82) is 0 Å². The average Bonchev–Trinajstić information content (AvgIpc) is 3.73. The minimum absolute atomic E-state index is 0.241. The molecule has 4 nitrogen and oxygen atoms in total. The van der Waals surface area contributed by atoms with Crippen molar-refractivity contribution >= 4 is 39.3 Å². The Kier molecular flexibility index (Phi) is 8.42. The van der Waals surface area contributed by atoms with Crippen LogP contribution < -0.4 is 4.90 Å². The third kappa shape index (κ3) is 6.01. The van der Waals surface area contributed by atoms with E-state index in [-0.39, 0.29) is 11.1 Å². The van der Waals surface area contributed by atoms with Crippen LogP contribution in [0.1, 0.15) is 31.8 Å². The van der Waals surface area contributed by atoms with Crippen molar-refractivity contribution in [1.82, 2.24) is 4.57 Å². The highest BCUT2D eigenvalue weighted by Gasteiger charge is 2.42. The van der Waals surface area contributed by atoms with E-state index in [4.69, 9.17) is 0 Å². The molecule has 0 saturated heterocycles. The highest BCUT2D eigenvalue weighted by atomic mass is 19.4. The lowest BCUT2D eigenvalue weighted by Crippen LogP contribution is -2.30. The zero-order chi connectivity index (χ0) is 40.4. The SMILES string of the molecule is Cc1cc(-c2ccc3c4ccccc4n(-c4cccc5c4C(=O)N(c4c(-c6ccccc6)cc(-c6ccccc6)cc4-c4ccccc4)C5=O)c3c2)cc(C(F)(F)F)c1. The van der Waals surface area contributed by atoms with Crippen molar-refractivity contribution < 1.29 is 22.8 Å². The molecule has 0 radical (unpaired) electrons. The van der Waals surface area contributed by atoms with Crippen LogP contribution >= 0.6 is 0 Å². The minimum atomic E-state index is -4.51. The van der Waals surface area contributed by atoms with Gasteiger partial charge in [-0.15, -0.1) is 0 Å². The fourth-order valence-corrected chi connectivity index (χ4v) is 8.53. The van der Waals surface area contributed by atoms with Gasteiger partial charge in [-0.2, -0.15) is 13.2 Å². The lowest BCUT2D eigenvalue weighted by atomic mass is 9.90. The Morgan fingerprint density at radius 2 is 1.02 bits per heavy atom. The highest BCUT2D eigenvalue weighted by Crippen LogP contribution is 2.47. The van der Waals surface area contributed by atoms with E-state index in [2.05, 4.69) is 0 Å². The summed E-state index contributed by atoms with van der Waals surface area (Å²) in [4.78, 5) is 31.6. The number of hydrogen-bond donors (Lipinski definition) is 0. The number of aromatic nitrogens is 1. The van der Waals surface area contributed by atoms with E-state index in [9.17, 15) is 18.0 Å². The molecule has 9 aromatic rings. The summed E-state index contributed by atoms with van der Waals surface area (Å²) in [7, 11) is 0. The van der Waals surface area contributed by atoms with Gasteiger partial charge in [-0.3, -0.25) is 9.59 Å². The van der Waals surface area contributed by atoms with E-state index < -0.39 is 23.6 Å². The van der Waals surface area contributed by atoms with Gasteiger partial charge in [0.05, 0.1) is 39.1 Å². The summed E-state index contributed by atoms with van der Waals surface area (Å²) in [5.41, 5.74) is 8.77. The Bertz CT molecular complexity index is 3070. The van der Waals surface area contributed by atoms with Crippen LogP contribution in [0.3, 0.4) is 0 Å². The molecule has 7 heteroatoms. The number of hydrogen-bond acceptors (Lipinski definition) is 2. The van der Waals surface area contributed by atoms with E-state index >= 15 is 4.79 Å². The number of anilines is 1. The lowest BCUT2D eigenvalue weighted by Gasteiger charge is -2.24. The van der Waals surface area contributed by atoms with Crippen LogP contribution in [0.15, 0.2) is 182 Å². The number of carbonyl (C=O) groups excluding carboxylic acids is 2. The summed E-state index contributed by atoms with van der Waals surface area (Å²) in [6, 6.07) is 56.3. The van der Waals surface area contributed by atoms with Crippen LogP contribution in [0, 0.1) is 6.92 Å². The molecule has 8 aromatic carbocycles. The van der Waals surface area contributed by atoms with Gasteiger partial charge in [0.25, 0.3) is 11.8 Å². The molecule has 10 rings (SSSR count). The predicted molar refractivity (Wildman–Crippen MR) is 230 cm³/mol. The number of fused-ring (bicyclic) bond motifs is 4. The fraction of sp³-hybridized carbons (Fsp3) is 0.0385. The standard InChI is InChI=1S/C52H33F3N2O2/c1-32-26-37(28-39(27-32)52(53,54)55)36-24-25-41-40-20-11-12-22-45(40)56(47(41)31-36)46-23-13-21-42-48(46)51(59)57(50(42)58)49-43(34-16-7-3-8-17-34)29-38(33-14-5-2-6-15-33)30-44(49)35-18-9-4-10-19-35/h2-31H,1H3. The first-order valence-corrected chi connectivity index (χ1v) is 19.2. The quantitative estimate of drug-likeness (QED) is 0.158. The Morgan fingerprint density at radius 3 is 1.66 bits per heavy atom. The maximum atomic E-state index is 15.4. The summed E-state index contributed by atoms with van der Waals surface area (Å²) < 4.78 is 43.8. The lowest BCUT2D eigenvalue weighted by molar-refractivity contribution is -0.137. The van der Waals surface area contributed by atoms with Crippen LogP contribution in [-0.2, 0) is 6.18 Å². The maximum absolute atomic E-state index is 15.4. The number of rotatable bonds is 6. The first-order chi connectivity index (χ1) is 28.7. The van der Waals surface area contributed by atoms with Crippen molar-refractivity contribution in [3.05, 3.63) is 204 Å². The Labute approximate surface area is 338 Å². The number of imide groups is 1. The van der Waals surface area contributed by atoms with E-state index in [1.165, 1.54) is 11.0 Å². The number of amides is 2. The molecule has 1 aromatic heterocycles. The molecule has 0 fully saturated rings. The van der Waals surface area contributed by atoms with Crippen LogP contribution in [0.5, 0.6) is 0 Å². The largest absolute Gasteiger partial charge is 0.416 e. The molecule has 0 unspecified atom stereocenters. The van der Waals surface area contributed by atoms with Gasteiger partial charge in [0.2, 0.25) is 0 Å². The van der Waals surface area contributed by atoms with Gasteiger partial charge < -0.3 is 4.57 Å². The topological polar surface area (TPSA) is 42.3 Å². The van der Waals surface area contributed by atoms with Crippen molar-refractivity contribution in [3.63, 3.8) is 0 Å². The van der Waals surface area contributed by atoms with Gasteiger partial charge >= 0.3 is 6.18 Å². The Balaban J connectivity index is 1.21. The summed E-state index contributed by atoms with van der Waals surface area (Å²) in [6.45, 7) is 1.65. The number of halogens is 3. The second kappa shape index (κ2) is 13.9.